The van der Waals surface area contributed by atoms with Crippen LogP contribution in [0.5, 0.6) is 0 Å². The minimum atomic E-state index is -0.283. The van der Waals surface area contributed by atoms with Gasteiger partial charge >= 0.3 is 0 Å². The maximum Gasteiger partial charge on any atom is 0.227 e. The molecule has 0 spiro atoms. The molecule has 92 valence electrons. The first-order valence-electron chi connectivity index (χ1n) is 5.63. The summed E-state index contributed by atoms with van der Waals surface area (Å²) in [6, 6.07) is 8.57. The number of nitrogens with zero attached hydrogens (tertiary/aromatic N) is 3. The molecule has 1 aromatic carbocycles. The number of hydrogen-bond donors (Lipinski definition) is 0. The maximum atomic E-state index is 13.4. The van der Waals surface area contributed by atoms with Crippen LogP contribution in [-0.2, 0) is 12.8 Å². The molecule has 1 aromatic heterocycles. The molecule has 0 aliphatic rings. The fraction of sp³-hybridized carbons (Fsp3) is 0.308. The smallest absolute Gasteiger partial charge is 0.227 e. The Kier molecular flexibility index (Phi) is 3.68. The Hall–Kier alpha value is -2.22. The average Bonchev–Trinajstić information content (AvgIpc) is 2.79. The summed E-state index contributed by atoms with van der Waals surface area (Å²) in [7, 11) is 0. The number of benzene rings is 1. The van der Waals surface area contributed by atoms with E-state index in [2.05, 4.69) is 16.2 Å². The molecule has 5 heteroatoms. The monoisotopic (exact) mass is 245 g/mol. The highest BCUT2D eigenvalue weighted by atomic mass is 19.1. The number of halogens is 1. The summed E-state index contributed by atoms with van der Waals surface area (Å²) in [5, 5.41) is 12.5. The van der Waals surface area contributed by atoms with Gasteiger partial charge < -0.3 is 4.52 Å². The van der Waals surface area contributed by atoms with E-state index in [4.69, 9.17) is 9.78 Å². The minimum Gasteiger partial charge on any atom is -0.339 e. The number of hydrogen-bond acceptors (Lipinski definition) is 4. The second-order valence-corrected chi connectivity index (χ2v) is 4.11. The normalized spacial score (nSPS) is 12.1. The van der Waals surface area contributed by atoms with Crippen molar-refractivity contribution in [3.63, 3.8) is 0 Å². The molecular formula is C13H12FN3O. The summed E-state index contributed by atoms with van der Waals surface area (Å²) in [5.41, 5.74) is 0.526. The van der Waals surface area contributed by atoms with Crippen LogP contribution in [0.3, 0.4) is 0 Å². The number of nitriles is 1. The SMILES string of the molecule is CC(C#N)Cc1nc(Cc2ccccc2F)no1. The molecule has 0 aliphatic heterocycles. The zero-order valence-corrected chi connectivity index (χ0v) is 9.93. The molecule has 4 nitrogen and oxygen atoms in total. The van der Waals surface area contributed by atoms with Crippen molar-refractivity contribution in [3.05, 3.63) is 47.4 Å². The van der Waals surface area contributed by atoms with E-state index in [0.717, 1.165) is 0 Å². The predicted molar refractivity (Wildman–Crippen MR) is 62.0 cm³/mol. The Bertz CT molecular complexity index is 574. The molecular weight excluding hydrogens is 233 g/mol. The predicted octanol–water partition coefficient (Wildman–Crippen LogP) is 2.50. The van der Waals surface area contributed by atoms with Crippen LogP contribution in [0.4, 0.5) is 4.39 Å². The van der Waals surface area contributed by atoms with Crippen LogP contribution in [0.25, 0.3) is 0 Å². The van der Waals surface area contributed by atoms with E-state index in [9.17, 15) is 4.39 Å². The minimum absolute atomic E-state index is 0.174. The van der Waals surface area contributed by atoms with Crippen LogP contribution >= 0.6 is 0 Å². The molecule has 0 bridgehead atoms. The molecule has 2 aromatic rings. The zero-order valence-electron chi connectivity index (χ0n) is 9.93. The summed E-state index contributed by atoms with van der Waals surface area (Å²) in [4.78, 5) is 4.14. The van der Waals surface area contributed by atoms with E-state index in [1.54, 1.807) is 25.1 Å². The van der Waals surface area contributed by atoms with Crippen LogP contribution in [-0.4, -0.2) is 10.1 Å². The first-order valence-corrected chi connectivity index (χ1v) is 5.63. The highest BCUT2D eigenvalue weighted by Crippen LogP contribution is 2.12. The van der Waals surface area contributed by atoms with Crippen LogP contribution in [0.2, 0.25) is 0 Å². The van der Waals surface area contributed by atoms with Crippen molar-refractivity contribution in [2.24, 2.45) is 5.92 Å². The Morgan fingerprint density at radius 3 is 2.94 bits per heavy atom. The van der Waals surface area contributed by atoms with Crippen molar-refractivity contribution in [3.8, 4) is 6.07 Å². The van der Waals surface area contributed by atoms with E-state index < -0.39 is 0 Å². The third-order valence-corrected chi connectivity index (χ3v) is 2.52. The topological polar surface area (TPSA) is 62.7 Å². The number of aromatic nitrogens is 2. The average molecular weight is 245 g/mol. The van der Waals surface area contributed by atoms with E-state index in [-0.39, 0.29) is 18.2 Å². The van der Waals surface area contributed by atoms with Gasteiger partial charge in [0.1, 0.15) is 5.82 Å². The third kappa shape index (κ3) is 2.92. The summed E-state index contributed by atoms with van der Waals surface area (Å²) < 4.78 is 18.4. The second-order valence-electron chi connectivity index (χ2n) is 4.11. The van der Waals surface area contributed by atoms with Gasteiger partial charge in [0.15, 0.2) is 5.82 Å². The quantitative estimate of drug-likeness (QED) is 0.830. The summed E-state index contributed by atoms with van der Waals surface area (Å²) in [5.74, 6) is 0.386. The van der Waals surface area contributed by atoms with Crippen molar-refractivity contribution in [2.45, 2.75) is 19.8 Å². The summed E-state index contributed by atoms with van der Waals surface area (Å²) >= 11 is 0. The molecule has 0 aliphatic carbocycles. The molecule has 0 fully saturated rings. The van der Waals surface area contributed by atoms with Gasteiger partial charge in [-0.3, -0.25) is 0 Å². The van der Waals surface area contributed by atoms with Gasteiger partial charge in [0.25, 0.3) is 0 Å². The van der Waals surface area contributed by atoms with Gasteiger partial charge in [0.2, 0.25) is 5.89 Å². The molecule has 0 radical (unpaired) electrons. The molecule has 1 unspecified atom stereocenters. The van der Waals surface area contributed by atoms with Gasteiger partial charge in [-0.2, -0.15) is 10.2 Å². The molecule has 0 amide bonds. The van der Waals surface area contributed by atoms with E-state index >= 15 is 0 Å². The Morgan fingerprint density at radius 1 is 1.44 bits per heavy atom. The highest BCUT2D eigenvalue weighted by molar-refractivity contribution is 5.20. The van der Waals surface area contributed by atoms with E-state index in [0.29, 0.717) is 23.7 Å². The Balaban J connectivity index is 2.08. The van der Waals surface area contributed by atoms with Gasteiger partial charge in [-0.1, -0.05) is 23.4 Å². The van der Waals surface area contributed by atoms with Crippen molar-refractivity contribution < 1.29 is 8.91 Å². The first kappa shape index (κ1) is 12.2. The lowest BCUT2D eigenvalue weighted by Gasteiger charge is -1.97. The van der Waals surface area contributed by atoms with Crippen molar-refractivity contribution in [1.29, 1.82) is 5.26 Å². The molecule has 1 heterocycles. The summed E-state index contributed by atoms with van der Waals surface area (Å²) in [6.45, 7) is 1.78. The Labute approximate surface area is 104 Å². The fourth-order valence-electron chi connectivity index (χ4n) is 1.56. The lowest BCUT2D eigenvalue weighted by molar-refractivity contribution is 0.365. The van der Waals surface area contributed by atoms with Crippen LogP contribution < -0.4 is 0 Å². The van der Waals surface area contributed by atoms with Gasteiger partial charge in [-0.25, -0.2) is 4.39 Å². The summed E-state index contributed by atoms with van der Waals surface area (Å²) in [6.07, 6.45) is 0.706. The molecule has 0 N–H and O–H groups in total. The Morgan fingerprint density at radius 2 is 2.22 bits per heavy atom. The van der Waals surface area contributed by atoms with Gasteiger partial charge in [-0.15, -0.1) is 0 Å². The second kappa shape index (κ2) is 5.41. The van der Waals surface area contributed by atoms with Gasteiger partial charge in [-0.05, 0) is 18.6 Å². The molecule has 18 heavy (non-hydrogen) atoms. The maximum absolute atomic E-state index is 13.4. The van der Waals surface area contributed by atoms with Crippen molar-refractivity contribution in [2.75, 3.05) is 0 Å². The van der Waals surface area contributed by atoms with Crippen LogP contribution in [0.15, 0.2) is 28.8 Å². The van der Waals surface area contributed by atoms with Crippen molar-refractivity contribution in [1.82, 2.24) is 10.1 Å². The fourth-order valence-corrected chi connectivity index (χ4v) is 1.56. The molecule has 0 saturated heterocycles. The van der Waals surface area contributed by atoms with Gasteiger partial charge in [0, 0.05) is 12.8 Å². The zero-order chi connectivity index (χ0) is 13.0. The highest BCUT2D eigenvalue weighted by Gasteiger charge is 2.12. The molecule has 2 rings (SSSR count). The molecule has 1 atom stereocenters. The van der Waals surface area contributed by atoms with E-state index in [1.165, 1.54) is 6.07 Å². The lowest BCUT2D eigenvalue weighted by Crippen LogP contribution is -1.98. The van der Waals surface area contributed by atoms with Crippen molar-refractivity contribution >= 4 is 0 Å². The van der Waals surface area contributed by atoms with Crippen LogP contribution in [0, 0.1) is 23.1 Å². The van der Waals surface area contributed by atoms with Crippen LogP contribution in [0.1, 0.15) is 24.2 Å². The molecule has 0 saturated carbocycles. The van der Waals surface area contributed by atoms with Gasteiger partial charge in [0.05, 0.1) is 12.0 Å². The lowest BCUT2D eigenvalue weighted by atomic mass is 10.1. The first-order chi connectivity index (χ1) is 8.69. The van der Waals surface area contributed by atoms with E-state index in [1.807, 2.05) is 0 Å². The third-order valence-electron chi connectivity index (χ3n) is 2.52. The number of rotatable bonds is 4. The standard InChI is InChI=1S/C13H12FN3O/c1-9(8-15)6-13-16-12(17-18-13)7-10-4-2-3-5-11(10)14/h2-5,9H,6-7H2,1H3. The largest absolute Gasteiger partial charge is 0.339 e.